The van der Waals surface area contributed by atoms with Crippen molar-refractivity contribution in [1.82, 2.24) is 0 Å². The first kappa shape index (κ1) is 25.1. The number of furan rings is 1. The fourth-order valence-electron chi connectivity index (χ4n) is 6.32. The van der Waals surface area contributed by atoms with Gasteiger partial charge >= 0.3 is 0 Å². The van der Waals surface area contributed by atoms with E-state index in [1.165, 1.54) is 49.0 Å². The lowest BCUT2D eigenvalue weighted by Gasteiger charge is -2.12. The Morgan fingerprint density at radius 3 is 2.00 bits per heavy atom. The lowest BCUT2D eigenvalue weighted by atomic mass is 9.92. The van der Waals surface area contributed by atoms with E-state index >= 15 is 0 Å². The third kappa shape index (κ3) is 4.26. The molecular weight excluding hydrogens is 520 g/mol. The van der Waals surface area contributed by atoms with E-state index in [9.17, 15) is 0 Å². The molecule has 0 unspecified atom stereocenters. The lowest BCUT2D eigenvalue weighted by molar-refractivity contribution is 0.669. The number of allylic oxidation sites excluding steroid dienone is 4. The van der Waals surface area contributed by atoms with Crippen molar-refractivity contribution in [2.45, 2.75) is 0 Å². The highest BCUT2D eigenvalue weighted by Gasteiger charge is 2.12. The third-order valence-electron chi connectivity index (χ3n) is 8.53. The maximum Gasteiger partial charge on any atom is 0.136 e. The lowest BCUT2D eigenvalue weighted by Crippen LogP contribution is -1.85. The second-order valence-electron chi connectivity index (χ2n) is 11.1. The molecule has 0 aliphatic carbocycles. The molecule has 43 heavy (non-hydrogen) atoms. The summed E-state index contributed by atoms with van der Waals surface area (Å²) in [5.74, 6) is 0. The zero-order valence-corrected chi connectivity index (χ0v) is 23.7. The van der Waals surface area contributed by atoms with E-state index in [2.05, 4.69) is 141 Å². The third-order valence-corrected chi connectivity index (χ3v) is 8.53. The minimum absolute atomic E-state index is 0.864. The molecule has 0 saturated heterocycles. The zero-order valence-electron chi connectivity index (χ0n) is 23.7. The molecule has 0 aliphatic heterocycles. The summed E-state index contributed by atoms with van der Waals surface area (Å²) in [5, 5.41) is 9.77. The summed E-state index contributed by atoms with van der Waals surface area (Å²) in [6.45, 7) is 7.93. The first-order chi connectivity index (χ1) is 21.2. The van der Waals surface area contributed by atoms with E-state index in [-0.39, 0.29) is 0 Å². The standard InChI is InChI=1S/C42H28O/c1-3-4-9-27(2)29-18-20-38-39-21-19-31(26-42(39)43-41(38)25-29)30-16-14-28-15-17-33(23-34(28)22-30)40-24-32-10-5-6-11-35(32)36-12-7-8-13-37(36)40/h3-26H,1-2H2/b9-4-. The van der Waals surface area contributed by atoms with Crippen LogP contribution >= 0.6 is 0 Å². The molecule has 0 saturated carbocycles. The minimum atomic E-state index is 0.864. The van der Waals surface area contributed by atoms with Crippen molar-refractivity contribution in [3.8, 4) is 22.3 Å². The average molecular weight is 549 g/mol. The number of fused-ring (bicyclic) bond motifs is 7. The molecule has 8 rings (SSSR count). The van der Waals surface area contributed by atoms with Gasteiger partial charge < -0.3 is 4.42 Å². The maximum absolute atomic E-state index is 6.36. The van der Waals surface area contributed by atoms with Crippen LogP contribution in [0.5, 0.6) is 0 Å². The predicted molar refractivity (Wildman–Crippen MR) is 185 cm³/mol. The van der Waals surface area contributed by atoms with Crippen LogP contribution in [0.15, 0.2) is 163 Å². The predicted octanol–water partition coefficient (Wildman–Crippen LogP) is 12.1. The van der Waals surface area contributed by atoms with Crippen molar-refractivity contribution >= 4 is 59.8 Å². The number of hydrogen-bond acceptors (Lipinski definition) is 1. The Hall–Kier alpha value is -5.66. The SMILES string of the molecule is C=C/C=C\C(=C)c1ccc2c(c1)oc1cc(-c3ccc4ccc(-c5cc6ccccc6c6ccccc56)cc4c3)ccc12. The summed E-state index contributed by atoms with van der Waals surface area (Å²) in [4.78, 5) is 0. The van der Waals surface area contributed by atoms with E-state index in [0.29, 0.717) is 0 Å². The largest absolute Gasteiger partial charge is 0.456 e. The van der Waals surface area contributed by atoms with Gasteiger partial charge in [-0.1, -0.05) is 116 Å². The van der Waals surface area contributed by atoms with Crippen LogP contribution in [0.2, 0.25) is 0 Å². The molecule has 8 aromatic rings. The number of rotatable bonds is 5. The highest BCUT2D eigenvalue weighted by atomic mass is 16.3. The molecule has 1 heterocycles. The van der Waals surface area contributed by atoms with Gasteiger partial charge in [-0.25, -0.2) is 0 Å². The van der Waals surface area contributed by atoms with Crippen LogP contribution in [-0.2, 0) is 0 Å². The Labute approximate surface area is 250 Å². The van der Waals surface area contributed by atoms with Crippen LogP contribution in [0.4, 0.5) is 0 Å². The summed E-state index contributed by atoms with van der Waals surface area (Å²) < 4.78 is 6.36. The zero-order chi connectivity index (χ0) is 28.9. The Bertz CT molecular complexity index is 2430. The van der Waals surface area contributed by atoms with Crippen LogP contribution in [0, 0.1) is 0 Å². The first-order valence-corrected chi connectivity index (χ1v) is 14.6. The molecule has 0 fully saturated rings. The summed E-state index contributed by atoms with van der Waals surface area (Å²) in [6, 6.07) is 46.0. The summed E-state index contributed by atoms with van der Waals surface area (Å²) in [6.07, 6.45) is 5.61. The molecular formula is C42H28O. The fraction of sp³-hybridized carbons (Fsp3) is 0. The Morgan fingerprint density at radius 1 is 0.512 bits per heavy atom. The van der Waals surface area contributed by atoms with E-state index in [1.54, 1.807) is 6.08 Å². The summed E-state index contributed by atoms with van der Waals surface area (Å²) in [7, 11) is 0. The van der Waals surface area contributed by atoms with Gasteiger partial charge in [0, 0.05) is 10.8 Å². The van der Waals surface area contributed by atoms with Gasteiger partial charge in [0.05, 0.1) is 0 Å². The van der Waals surface area contributed by atoms with Crippen molar-refractivity contribution in [2.24, 2.45) is 0 Å². The maximum atomic E-state index is 6.36. The number of benzene rings is 7. The van der Waals surface area contributed by atoms with Crippen molar-refractivity contribution in [1.29, 1.82) is 0 Å². The van der Waals surface area contributed by atoms with Gasteiger partial charge in [-0.15, -0.1) is 0 Å². The molecule has 0 N–H and O–H groups in total. The van der Waals surface area contributed by atoms with Gasteiger partial charge in [0.25, 0.3) is 0 Å². The first-order valence-electron chi connectivity index (χ1n) is 14.6. The van der Waals surface area contributed by atoms with E-state index in [1.807, 2.05) is 12.2 Å². The van der Waals surface area contributed by atoms with E-state index in [4.69, 9.17) is 4.42 Å². The fourth-order valence-corrected chi connectivity index (χ4v) is 6.32. The van der Waals surface area contributed by atoms with Crippen LogP contribution in [0.1, 0.15) is 5.56 Å². The van der Waals surface area contributed by atoms with Crippen molar-refractivity contribution in [3.05, 3.63) is 164 Å². The van der Waals surface area contributed by atoms with Gasteiger partial charge in [0.2, 0.25) is 0 Å². The normalized spacial score (nSPS) is 11.8. The molecule has 0 spiro atoms. The van der Waals surface area contributed by atoms with Crippen LogP contribution < -0.4 is 0 Å². The molecule has 1 aromatic heterocycles. The molecule has 0 radical (unpaired) electrons. The topological polar surface area (TPSA) is 13.1 Å². The molecule has 202 valence electrons. The van der Waals surface area contributed by atoms with Gasteiger partial charge in [0.1, 0.15) is 11.2 Å². The second-order valence-corrected chi connectivity index (χ2v) is 11.1. The van der Waals surface area contributed by atoms with Gasteiger partial charge in [-0.2, -0.15) is 0 Å². The van der Waals surface area contributed by atoms with Crippen LogP contribution in [0.25, 0.3) is 82.1 Å². The van der Waals surface area contributed by atoms with Crippen molar-refractivity contribution in [3.63, 3.8) is 0 Å². The molecule has 1 heteroatoms. The average Bonchev–Trinajstić information content (AvgIpc) is 3.43. The second kappa shape index (κ2) is 10.0. The highest BCUT2D eigenvalue weighted by molar-refractivity contribution is 6.14. The number of hydrogen-bond donors (Lipinski definition) is 0. The smallest absolute Gasteiger partial charge is 0.136 e. The summed E-state index contributed by atoms with van der Waals surface area (Å²) >= 11 is 0. The highest BCUT2D eigenvalue weighted by Crippen LogP contribution is 2.38. The van der Waals surface area contributed by atoms with Crippen LogP contribution in [0.3, 0.4) is 0 Å². The Balaban J connectivity index is 1.22. The van der Waals surface area contributed by atoms with Gasteiger partial charge in [-0.05, 0) is 108 Å². The molecule has 0 atom stereocenters. The summed E-state index contributed by atoms with van der Waals surface area (Å²) in [5.41, 5.74) is 8.49. The molecule has 0 aliphatic rings. The Morgan fingerprint density at radius 2 is 1.16 bits per heavy atom. The Kier molecular flexibility index (Phi) is 5.84. The molecule has 7 aromatic carbocycles. The van der Waals surface area contributed by atoms with Crippen molar-refractivity contribution in [2.75, 3.05) is 0 Å². The molecule has 1 nitrogen and oxygen atoms in total. The van der Waals surface area contributed by atoms with E-state index in [0.717, 1.165) is 38.6 Å². The van der Waals surface area contributed by atoms with Gasteiger partial charge in [0.15, 0.2) is 0 Å². The quantitative estimate of drug-likeness (QED) is 0.154. The molecule has 0 bridgehead atoms. The molecule has 0 amide bonds. The van der Waals surface area contributed by atoms with Gasteiger partial charge in [-0.3, -0.25) is 0 Å². The van der Waals surface area contributed by atoms with Crippen LogP contribution in [-0.4, -0.2) is 0 Å². The van der Waals surface area contributed by atoms with E-state index < -0.39 is 0 Å². The minimum Gasteiger partial charge on any atom is -0.456 e. The van der Waals surface area contributed by atoms with Crippen molar-refractivity contribution < 1.29 is 4.42 Å². The monoisotopic (exact) mass is 548 g/mol.